The summed E-state index contributed by atoms with van der Waals surface area (Å²) in [5, 5.41) is 13.9. The molecule has 0 bridgehead atoms. The lowest BCUT2D eigenvalue weighted by Gasteiger charge is -2.39. The fourth-order valence-electron chi connectivity index (χ4n) is 7.67. The van der Waals surface area contributed by atoms with E-state index in [0.717, 1.165) is 55.8 Å². The number of halogens is 2. The van der Waals surface area contributed by atoms with Gasteiger partial charge in [-0.3, -0.25) is 28.6 Å². The average molecular weight is 726 g/mol. The fourth-order valence-corrected chi connectivity index (χ4v) is 9.09. The normalized spacial score (nSPS) is 26.4. The number of aliphatic hydroxyl groups excluding tert-OH is 1. The second-order valence-corrected chi connectivity index (χ2v) is 16.3. The van der Waals surface area contributed by atoms with E-state index in [0.29, 0.717) is 50.0 Å². The molecule has 13 nitrogen and oxygen atoms in total. The third kappa shape index (κ3) is 7.13. The molecule has 1 aromatic carbocycles. The predicted molar refractivity (Wildman–Crippen MR) is 176 cm³/mol. The minimum absolute atomic E-state index is 0.0665. The molecule has 2 aromatic rings. The van der Waals surface area contributed by atoms with Crippen molar-refractivity contribution in [3.8, 4) is 0 Å². The number of hydrogen-bond acceptors (Lipinski definition) is 8. The number of thiophene rings is 1. The highest BCUT2D eigenvalue weighted by Crippen LogP contribution is 2.59. The minimum Gasteiger partial charge on any atom is -0.378 e. The summed E-state index contributed by atoms with van der Waals surface area (Å²) in [6, 6.07) is 2.10. The zero-order valence-electron chi connectivity index (χ0n) is 27.2. The Bertz CT molecular complexity index is 1660. The maximum absolute atomic E-state index is 14.4. The van der Waals surface area contributed by atoms with Gasteiger partial charge in [-0.1, -0.05) is 12.5 Å². The number of alkyl halides is 2. The Balaban J connectivity index is 1.19. The van der Waals surface area contributed by atoms with Gasteiger partial charge in [0.15, 0.2) is 0 Å². The number of likely N-dealkylation sites (tertiary alicyclic amines) is 2. The largest absolute Gasteiger partial charge is 0.399 e. The molecular weight excluding hydrogens is 683 g/mol. The monoisotopic (exact) mass is 725 g/mol. The number of nitrogens with one attached hydrogen (secondary N) is 1. The summed E-state index contributed by atoms with van der Waals surface area (Å²) in [6.45, 7) is 4.11. The van der Waals surface area contributed by atoms with Crippen LogP contribution >= 0.6 is 18.9 Å². The summed E-state index contributed by atoms with van der Waals surface area (Å²) < 4.78 is 40.5. The van der Waals surface area contributed by atoms with Crippen molar-refractivity contribution in [1.29, 1.82) is 0 Å². The maximum atomic E-state index is 14.4. The standard InChI is InChI=1S/C32H42F2N5O8PS/c1-19(40)37-14-10-23-6-7-25(31(44)38-13-9-20(17-38)29(42)36-11-3-2-4-12-36)39(23)30(43)24(18-37)35-28(41)27-16-21-15-22(5-8-26(21)49-27)32(33,34)48(45,46)47/h5,8,15-16,20,23-25,29,42H,2-4,6-7,9-14,17-18H2,1H3,(H,35,41)(H2,45,46,47)/t20-,23-,24?,25+,29?/m1/s1. The average Bonchev–Trinajstić information content (AvgIpc) is 3.82. The molecule has 4 amide bonds. The van der Waals surface area contributed by atoms with Crippen LogP contribution in [0.1, 0.15) is 67.1 Å². The van der Waals surface area contributed by atoms with Crippen LogP contribution in [0.3, 0.4) is 0 Å². The van der Waals surface area contributed by atoms with Crippen LogP contribution in [-0.4, -0.2) is 122 Å². The zero-order valence-corrected chi connectivity index (χ0v) is 28.9. The second-order valence-electron chi connectivity index (χ2n) is 13.6. The van der Waals surface area contributed by atoms with Gasteiger partial charge in [-0.2, -0.15) is 8.78 Å². The molecule has 4 aliphatic rings. The Morgan fingerprint density at radius 3 is 2.39 bits per heavy atom. The lowest BCUT2D eigenvalue weighted by Crippen LogP contribution is -2.61. The molecule has 5 heterocycles. The summed E-state index contributed by atoms with van der Waals surface area (Å²) in [5.41, 5.74) is -5.32. The SMILES string of the molecule is CC(=O)N1CC[C@H]2CC[C@@H](C(=O)N3CC[C@@H](C(O)N4CCCCC4)C3)N2C(=O)C(NC(=O)c2cc3cc(C(F)(F)P(=O)(O)O)ccc3s2)C1. The first-order valence-electron chi connectivity index (χ1n) is 16.7. The van der Waals surface area contributed by atoms with Crippen LogP contribution in [0.5, 0.6) is 0 Å². The van der Waals surface area contributed by atoms with Crippen LogP contribution in [0.4, 0.5) is 8.78 Å². The summed E-state index contributed by atoms with van der Waals surface area (Å²) in [5.74, 6) is -1.74. The number of fused-ring (bicyclic) bond motifs is 2. The number of carbonyl (C=O) groups is 4. The molecule has 268 valence electrons. The number of amides is 4. The number of carbonyl (C=O) groups excluding carboxylic acids is 4. The number of piperidine rings is 1. The van der Waals surface area contributed by atoms with Crippen molar-refractivity contribution in [3.05, 3.63) is 34.7 Å². The Labute approximate surface area is 286 Å². The van der Waals surface area contributed by atoms with Crippen molar-refractivity contribution in [2.45, 2.75) is 81.9 Å². The van der Waals surface area contributed by atoms with Crippen molar-refractivity contribution in [2.75, 3.05) is 39.3 Å². The number of aliphatic hydroxyl groups is 1. The molecule has 6 rings (SSSR count). The van der Waals surface area contributed by atoms with Gasteiger partial charge in [0.2, 0.25) is 17.7 Å². The van der Waals surface area contributed by atoms with Crippen LogP contribution in [-0.2, 0) is 24.6 Å². The van der Waals surface area contributed by atoms with E-state index in [1.165, 1.54) is 24.0 Å². The van der Waals surface area contributed by atoms with Crippen molar-refractivity contribution in [3.63, 3.8) is 0 Å². The molecular formula is C32H42F2N5O8PS. The van der Waals surface area contributed by atoms with Gasteiger partial charge in [0, 0.05) is 68.4 Å². The van der Waals surface area contributed by atoms with Crippen LogP contribution in [0, 0.1) is 5.92 Å². The summed E-state index contributed by atoms with van der Waals surface area (Å²) in [4.78, 5) is 79.5. The van der Waals surface area contributed by atoms with Gasteiger partial charge in [0.05, 0.1) is 4.88 Å². The first-order valence-corrected chi connectivity index (χ1v) is 19.2. The van der Waals surface area contributed by atoms with E-state index in [1.807, 2.05) is 0 Å². The molecule has 4 saturated heterocycles. The Hall–Kier alpha value is -3.01. The number of nitrogens with zero attached hydrogens (tertiary/aromatic N) is 4. The van der Waals surface area contributed by atoms with Gasteiger partial charge in [-0.05, 0) is 62.1 Å². The minimum atomic E-state index is -5.80. The first-order chi connectivity index (χ1) is 23.2. The van der Waals surface area contributed by atoms with Crippen molar-refractivity contribution < 1.29 is 47.4 Å². The first kappa shape index (κ1) is 35.8. The molecule has 0 radical (unpaired) electrons. The molecule has 0 aliphatic carbocycles. The topological polar surface area (TPSA) is 171 Å². The van der Waals surface area contributed by atoms with E-state index >= 15 is 0 Å². The molecule has 0 spiro atoms. The van der Waals surface area contributed by atoms with E-state index in [1.54, 1.807) is 9.80 Å². The number of hydrogen-bond donors (Lipinski definition) is 4. The molecule has 4 N–H and O–H groups in total. The highest BCUT2D eigenvalue weighted by molar-refractivity contribution is 7.52. The summed E-state index contributed by atoms with van der Waals surface area (Å²) in [7, 11) is -5.80. The smallest absolute Gasteiger partial charge is 0.378 e. The van der Waals surface area contributed by atoms with Gasteiger partial charge in [-0.25, -0.2) is 0 Å². The van der Waals surface area contributed by atoms with Gasteiger partial charge >= 0.3 is 13.3 Å². The Morgan fingerprint density at radius 1 is 0.980 bits per heavy atom. The van der Waals surface area contributed by atoms with E-state index in [2.05, 4.69) is 10.2 Å². The highest BCUT2D eigenvalue weighted by atomic mass is 32.1. The van der Waals surface area contributed by atoms with E-state index in [4.69, 9.17) is 9.79 Å². The Kier molecular flexibility index (Phi) is 10.2. The maximum Gasteiger partial charge on any atom is 0.399 e. The van der Waals surface area contributed by atoms with E-state index in [9.17, 15) is 37.6 Å². The third-order valence-corrected chi connectivity index (χ3v) is 12.5. The molecule has 0 saturated carbocycles. The van der Waals surface area contributed by atoms with Gasteiger partial charge in [0.25, 0.3) is 5.91 Å². The van der Waals surface area contributed by atoms with Crippen molar-refractivity contribution in [2.24, 2.45) is 5.92 Å². The predicted octanol–water partition coefficient (Wildman–Crippen LogP) is 2.49. The van der Waals surface area contributed by atoms with Crippen LogP contribution in [0.25, 0.3) is 10.1 Å². The summed E-state index contributed by atoms with van der Waals surface area (Å²) >= 11 is 0.952. The van der Waals surface area contributed by atoms with E-state index in [-0.39, 0.29) is 40.6 Å². The second kappa shape index (κ2) is 14.0. The van der Waals surface area contributed by atoms with Crippen LogP contribution in [0.15, 0.2) is 24.3 Å². The Morgan fingerprint density at radius 2 is 1.69 bits per heavy atom. The molecule has 4 aliphatic heterocycles. The van der Waals surface area contributed by atoms with Crippen LogP contribution in [0.2, 0.25) is 0 Å². The lowest BCUT2D eigenvalue weighted by molar-refractivity contribution is -0.148. The molecule has 5 atom stereocenters. The number of benzene rings is 1. The van der Waals surface area contributed by atoms with E-state index < -0.39 is 48.9 Å². The van der Waals surface area contributed by atoms with Crippen molar-refractivity contribution >= 4 is 52.6 Å². The summed E-state index contributed by atoms with van der Waals surface area (Å²) in [6.07, 6.45) is 4.71. The molecule has 17 heteroatoms. The molecule has 4 fully saturated rings. The highest BCUT2D eigenvalue weighted by Gasteiger charge is 2.51. The lowest BCUT2D eigenvalue weighted by atomic mass is 10.0. The van der Waals surface area contributed by atoms with Gasteiger partial charge in [-0.15, -0.1) is 11.3 Å². The number of rotatable bonds is 7. The molecule has 2 unspecified atom stereocenters. The van der Waals surface area contributed by atoms with Crippen LogP contribution < -0.4 is 5.32 Å². The third-order valence-electron chi connectivity index (χ3n) is 10.4. The van der Waals surface area contributed by atoms with Gasteiger partial charge in [0.1, 0.15) is 18.3 Å². The quantitative estimate of drug-likeness (QED) is 0.313. The molecule has 1 aromatic heterocycles. The fraction of sp³-hybridized carbons (Fsp3) is 0.625. The molecule has 49 heavy (non-hydrogen) atoms. The zero-order chi connectivity index (χ0) is 35.2. The van der Waals surface area contributed by atoms with Crippen molar-refractivity contribution in [1.82, 2.24) is 24.9 Å². The van der Waals surface area contributed by atoms with Gasteiger partial charge < -0.3 is 34.9 Å².